The van der Waals surface area contributed by atoms with Crippen LogP contribution in [0.3, 0.4) is 0 Å². The van der Waals surface area contributed by atoms with Crippen LogP contribution in [0.2, 0.25) is 0 Å². The van der Waals surface area contributed by atoms with Gasteiger partial charge in [0.1, 0.15) is 5.75 Å². The third kappa shape index (κ3) is 2.79. The lowest BCUT2D eigenvalue weighted by Crippen LogP contribution is -2.37. The fraction of sp³-hybridized carbons (Fsp3) is 0.333. The van der Waals surface area contributed by atoms with Crippen LogP contribution in [-0.4, -0.2) is 29.9 Å². The molecule has 1 aromatic rings. The lowest BCUT2D eigenvalue weighted by Gasteiger charge is -2.10. The van der Waals surface area contributed by atoms with Gasteiger partial charge >= 0.3 is 0 Å². The van der Waals surface area contributed by atoms with E-state index in [0.717, 1.165) is 5.75 Å². The van der Waals surface area contributed by atoms with Gasteiger partial charge in [-0.2, -0.15) is 0 Å². The first-order valence-electron chi connectivity index (χ1n) is 5.32. The maximum Gasteiger partial charge on any atom is 0.252 e. The number of carbonyl (C=O) groups excluding carboxylic acids is 2. The van der Waals surface area contributed by atoms with Crippen LogP contribution in [0.15, 0.2) is 24.3 Å². The van der Waals surface area contributed by atoms with Crippen LogP contribution in [0.25, 0.3) is 0 Å². The van der Waals surface area contributed by atoms with Gasteiger partial charge < -0.3 is 10.1 Å². The minimum atomic E-state index is -0.348. The van der Waals surface area contributed by atoms with Crippen molar-refractivity contribution in [2.24, 2.45) is 0 Å². The van der Waals surface area contributed by atoms with Crippen molar-refractivity contribution in [1.29, 1.82) is 0 Å². The second kappa shape index (κ2) is 5.23. The number of thioether (sulfide) groups is 1. The van der Waals surface area contributed by atoms with Crippen molar-refractivity contribution in [1.82, 2.24) is 5.32 Å². The summed E-state index contributed by atoms with van der Waals surface area (Å²) in [7, 11) is 1.55. The lowest BCUT2D eigenvalue weighted by atomic mass is 10.1. The first-order chi connectivity index (χ1) is 8.20. The molecule has 4 nitrogen and oxygen atoms in total. The second-order valence-corrected chi connectivity index (χ2v) is 4.81. The Morgan fingerprint density at radius 3 is 3.00 bits per heavy atom. The van der Waals surface area contributed by atoms with Crippen molar-refractivity contribution in [3.05, 3.63) is 29.8 Å². The van der Waals surface area contributed by atoms with Crippen LogP contribution in [0, 0.1) is 0 Å². The number of ether oxygens (including phenoxy) is 1. The summed E-state index contributed by atoms with van der Waals surface area (Å²) in [5.74, 6) is 1.18. The van der Waals surface area contributed by atoms with E-state index in [1.54, 1.807) is 31.4 Å². The molecular formula is C12H13NO3S. The molecule has 1 atom stereocenters. The number of hydrogen-bond acceptors (Lipinski definition) is 4. The summed E-state index contributed by atoms with van der Waals surface area (Å²) in [4.78, 5) is 23.3. The van der Waals surface area contributed by atoms with Gasteiger partial charge in [-0.15, -0.1) is 0 Å². The van der Waals surface area contributed by atoms with Crippen molar-refractivity contribution in [3.63, 3.8) is 0 Å². The molecule has 1 aliphatic rings. The standard InChI is InChI=1S/C12H13NO3S/c1-16-9-4-2-3-8(7-9)11(14)13-10-5-6-17-12(10)15/h2-4,7,10H,5-6H2,1H3,(H,13,14)/t10-/m0/s1. The highest BCUT2D eigenvalue weighted by Crippen LogP contribution is 2.20. The molecule has 1 amide bonds. The molecule has 1 fully saturated rings. The molecular weight excluding hydrogens is 238 g/mol. The number of benzene rings is 1. The van der Waals surface area contributed by atoms with Crippen LogP contribution in [0.4, 0.5) is 0 Å². The van der Waals surface area contributed by atoms with Gasteiger partial charge in [0.25, 0.3) is 5.91 Å². The largest absolute Gasteiger partial charge is 0.497 e. The van der Waals surface area contributed by atoms with Crippen molar-refractivity contribution >= 4 is 22.8 Å². The molecule has 1 heterocycles. The predicted molar refractivity (Wildman–Crippen MR) is 66.3 cm³/mol. The fourth-order valence-electron chi connectivity index (χ4n) is 1.63. The van der Waals surface area contributed by atoms with Crippen LogP contribution in [0.5, 0.6) is 5.75 Å². The molecule has 1 aliphatic heterocycles. The van der Waals surface area contributed by atoms with Crippen molar-refractivity contribution in [2.75, 3.05) is 12.9 Å². The highest BCUT2D eigenvalue weighted by Gasteiger charge is 2.27. The minimum Gasteiger partial charge on any atom is -0.497 e. The molecule has 0 bridgehead atoms. The highest BCUT2D eigenvalue weighted by atomic mass is 32.2. The molecule has 0 radical (unpaired) electrons. The molecule has 0 aliphatic carbocycles. The first-order valence-corrected chi connectivity index (χ1v) is 6.31. The summed E-state index contributed by atoms with van der Waals surface area (Å²) in [5.41, 5.74) is 0.508. The quantitative estimate of drug-likeness (QED) is 0.883. The van der Waals surface area contributed by atoms with Gasteiger partial charge in [-0.25, -0.2) is 0 Å². The van der Waals surface area contributed by atoms with Gasteiger partial charge in [-0.3, -0.25) is 9.59 Å². The molecule has 5 heteroatoms. The zero-order valence-electron chi connectivity index (χ0n) is 9.43. The number of rotatable bonds is 3. The molecule has 1 saturated heterocycles. The monoisotopic (exact) mass is 251 g/mol. The first kappa shape index (κ1) is 12.0. The van der Waals surface area contributed by atoms with Gasteiger partial charge in [0.15, 0.2) is 0 Å². The summed E-state index contributed by atoms with van der Waals surface area (Å²) in [5, 5.41) is 2.77. The number of nitrogens with one attached hydrogen (secondary N) is 1. The smallest absolute Gasteiger partial charge is 0.252 e. The zero-order valence-corrected chi connectivity index (χ0v) is 10.3. The predicted octanol–water partition coefficient (Wildman–Crippen LogP) is 1.46. The minimum absolute atomic E-state index is 0.0428. The lowest BCUT2D eigenvalue weighted by molar-refractivity contribution is -0.112. The third-order valence-corrected chi connectivity index (χ3v) is 3.58. The molecule has 90 valence electrons. The van der Waals surface area contributed by atoms with Gasteiger partial charge in [-0.05, 0) is 24.6 Å². The van der Waals surface area contributed by atoms with Crippen molar-refractivity contribution in [3.8, 4) is 5.75 Å². The summed E-state index contributed by atoms with van der Waals surface area (Å²) >= 11 is 1.27. The van der Waals surface area contributed by atoms with E-state index in [-0.39, 0.29) is 17.1 Å². The SMILES string of the molecule is COc1cccc(C(=O)N[C@H]2CCSC2=O)c1. The van der Waals surface area contributed by atoms with E-state index >= 15 is 0 Å². The molecule has 2 rings (SSSR count). The van der Waals surface area contributed by atoms with E-state index in [4.69, 9.17) is 4.74 Å². The Labute approximate surface area is 104 Å². The van der Waals surface area contributed by atoms with E-state index in [9.17, 15) is 9.59 Å². The molecule has 0 spiro atoms. The van der Waals surface area contributed by atoms with E-state index in [1.165, 1.54) is 11.8 Å². The van der Waals surface area contributed by atoms with E-state index < -0.39 is 0 Å². The summed E-state index contributed by atoms with van der Waals surface area (Å²) < 4.78 is 5.05. The van der Waals surface area contributed by atoms with Gasteiger partial charge in [0, 0.05) is 11.3 Å². The van der Waals surface area contributed by atoms with Gasteiger partial charge in [-0.1, -0.05) is 17.8 Å². The average Bonchev–Trinajstić information content (AvgIpc) is 2.75. The Balaban J connectivity index is 2.06. The molecule has 0 unspecified atom stereocenters. The van der Waals surface area contributed by atoms with Crippen LogP contribution >= 0.6 is 11.8 Å². The van der Waals surface area contributed by atoms with Crippen LogP contribution in [-0.2, 0) is 4.79 Å². The second-order valence-electron chi connectivity index (χ2n) is 3.71. The maximum absolute atomic E-state index is 11.9. The Hall–Kier alpha value is -1.49. The summed E-state index contributed by atoms with van der Waals surface area (Å²) in [6.45, 7) is 0. The van der Waals surface area contributed by atoms with Crippen LogP contribution < -0.4 is 10.1 Å². The fourth-order valence-corrected chi connectivity index (χ4v) is 2.57. The normalized spacial score (nSPS) is 19.1. The molecule has 1 aromatic carbocycles. The van der Waals surface area contributed by atoms with Gasteiger partial charge in [0.05, 0.1) is 13.2 Å². The molecule has 1 N–H and O–H groups in total. The molecule has 0 aromatic heterocycles. The van der Waals surface area contributed by atoms with E-state index in [1.807, 2.05) is 0 Å². The molecule has 0 saturated carbocycles. The molecule has 17 heavy (non-hydrogen) atoms. The summed E-state index contributed by atoms with van der Waals surface area (Å²) in [6.07, 6.45) is 0.708. The third-order valence-electron chi connectivity index (χ3n) is 2.57. The maximum atomic E-state index is 11.9. The zero-order chi connectivity index (χ0) is 12.3. The Kier molecular flexibility index (Phi) is 3.68. The Morgan fingerprint density at radius 1 is 1.53 bits per heavy atom. The number of carbonyl (C=O) groups is 2. The number of amides is 1. The summed E-state index contributed by atoms with van der Waals surface area (Å²) in [6, 6.07) is 6.53. The van der Waals surface area contributed by atoms with Crippen LogP contribution in [0.1, 0.15) is 16.8 Å². The number of methoxy groups -OCH3 is 1. The Bertz CT molecular complexity index is 447. The Morgan fingerprint density at radius 2 is 2.35 bits per heavy atom. The van der Waals surface area contributed by atoms with E-state index in [0.29, 0.717) is 17.7 Å². The van der Waals surface area contributed by atoms with Crippen molar-refractivity contribution < 1.29 is 14.3 Å². The topological polar surface area (TPSA) is 55.4 Å². The van der Waals surface area contributed by atoms with E-state index in [2.05, 4.69) is 5.32 Å². The highest BCUT2D eigenvalue weighted by molar-refractivity contribution is 8.14. The van der Waals surface area contributed by atoms with Gasteiger partial charge in [0.2, 0.25) is 5.12 Å². The average molecular weight is 251 g/mol. The number of hydrogen-bond donors (Lipinski definition) is 1. The van der Waals surface area contributed by atoms with Crippen molar-refractivity contribution in [2.45, 2.75) is 12.5 Å².